The Bertz CT molecular complexity index is 642. The predicted molar refractivity (Wildman–Crippen MR) is 82.2 cm³/mol. The zero-order valence-electron chi connectivity index (χ0n) is 12.2. The zero-order valence-corrected chi connectivity index (χ0v) is 13.0. The van der Waals surface area contributed by atoms with Crippen LogP contribution < -0.4 is 15.4 Å². The Morgan fingerprint density at radius 2 is 2.10 bits per heavy atom. The van der Waals surface area contributed by atoms with E-state index in [2.05, 4.69) is 0 Å². The van der Waals surface area contributed by atoms with Crippen LogP contribution in [-0.2, 0) is 14.6 Å². The van der Waals surface area contributed by atoms with Gasteiger partial charge in [-0.15, -0.1) is 0 Å². The molecule has 1 aromatic carbocycles. The number of nitrogens with two attached hydrogens (primary N) is 1. The molecule has 2 N–H and O–H groups in total. The van der Waals surface area contributed by atoms with Crippen molar-refractivity contribution in [1.82, 2.24) is 0 Å². The molecule has 0 saturated heterocycles. The van der Waals surface area contributed by atoms with E-state index in [-0.39, 0.29) is 17.4 Å². The smallest absolute Gasteiger partial charge is 0.267 e. The maximum atomic E-state index is 12.2. The van der Waals surface area contributed by atoms with Crippen molar-refractivity contribution in [1.29, 1.82) is 0 Å². The van der Waals surface area contributed by atoms with Crippen LogP contribution in [0.3, 0.4) is 0 Å². The lowest BCUT2D eigenvalue weighted by molar-refractivity contribution is -0.125. The summed E-state index contributed by atoms with van der Waals surface area (Å²) in [5, 5.41) is 0. The Balaban J connectivity index is 2.17. The molecule has 2 rings (SSSR count). The highest BCUT2D eigenvalue weighted by molar-refractivity contribution is 7.91. The largest absolute Gasteiger partial charge is 0.479 e. The van der Waals surface area contributed by atoms with Crippen molar-refractivity contribution >= 4 is 27.1 Å². The van der Waals surface area contributed by atoms with Gasteiger partial charge in [-0.3, -0.25) is 4.79 Å². The Morgan fingerprint density at radius 1 is 1.38 bits per heavy atom. The summed E-state index contributed by atoms with van der Waals surface area (Å²) in [4.78, 5) is 13.8. The first-order valence-corrected chi connectivity index (χ1v) is 8.74. The van der Waals surface area contributed by atoms with Gasteiger partial charge in [0.1, 0.15) is 15.6 Å². The molecule has 0 aromatic heterocycles. The number of amides is 1. The SMILES string of the molecule is CCS(=O)(=O)CCCN1C(=O)C(C)Oc2cc(N)ccc21. The normalized spacial score (nSPS) is 18.3. The van der Waals surface area contributed by atoms with Crippen LogP contribution >= 0.6 is 0 Å². The fraction of sp³-hybridized carbons (Fsp3) is 0.500. The minimum atomic E-state index is -3.02. The Morgan fingerprint density at radius 3 is 2.76 bits per heavy atom. The second-order valence-corrected chi connectivity index (χ2v) is 7.54. The predicted octanol–water partition coefficient (Wildman–Crippen LogP) is 1.21. The van der Waals surface area contributed by atoms with Crippen molar-refractivity contribution in [3.8, 4) is 5.75 Å². The van der Waals surface area contributed by atoms with E-state index < -0.39 is 15.9 Å². The molecule has 1 aliphatic rings. The average Bonchev–Trinajstić information content (AvgIpc) is 2.43. The Kier molecular flexibility index (Phi) is 4.41. The van der Waals surface area contributed by atoms with Crippen LogP contribution in [0.5, 0.6) is 5.75 Å². The molecule has 1 heterocycles. The topological polar surface area (TPSA) is 89.7 Å². The summed E-state index contributed by atoms with van der Waals surface area (Å²) in [6, 6.07) is 5.10. The van der Waals surface area contributed by atoms with Crippen LogP contribution in [0.15, 0.2) is 18.2 Å². The van der Waals surface area contributed by atoms with E-state index in [0.29, 0.717) is 30.1 Å². The van der Waals surface area contributed by atoms with Crippen molar-refractivity contribution in [2.24, 2.45) is 0 Å². The molecule has 0 bridgehead atoms. The van der Waals surface area contributed by atoms with Crippen molar-refractivity contribution in [3.63, 3.8) is 0 Å². The molecular formula is C14H20N2O4S. The number of hydrogen-bond donors (Lipinski definition) is 1. The molecule has 0 fully saturated rings. The summed E-state index contributed by atoms with van der Waals surface area (Å²) in [5.74, 6) is 0.585. The summed E-state index contributed by atoms with van der Waals surface area (Å²) in [7, 11) is -3.02. The summed E-state index contributed by atoms with van der Waals surface area (Å²) >= 11 is 0. The molecule has 7 heteroatoms. The number of benzene rings is 1. The molecule has 1 aliphatic heterocycles. The standard InChI is InChI=1S/C14H20N2O4S/c1-3-21(18,19)8-4-7-16-12-6-5-11(15)9-13(12)20-10(2)14(16)17/h5-6,9-10H,3-4,7-8,15H2,1-2H3. The summed E-state index contributed by atoms with van der Waals surface area (Å²) in [6.45, 7) is 3.64. The van der Waals surface area contributed by atoms with Crippen LogP contribution in [-0.4, -0.2) is 38.5 Å². The van der Waals surface area contributed by atoms with Gasteiger partial charge in [-0.25, -0.2) is 8.42 Å². The lowest BCUT2D eigenvalue weighted by atomic mass is 10.1. The number of nitrogens with zero attached hydrogens (tertiary/aromatic N) is 1. The van der Waals surface area contributed by atoms with Crippen molar-refractivity contribution in [3.05, 3.63) is 18.2 Å². The second kappa shape index (κ2) is 5.93. The van der Waals surface area contributed by atoms with Crippen molar-refractivity contribution in [2.75, 3.05) is 28.7 Å². The van der Waals surface area contributed by atoms with E-state index in [0.717, 1.165) is 0 Å². The van der Waals surface area contributed by atoms with Crippen molar-refractivity contribution < 1.29 is 17.9 Å². The van der Waals surface area contributed by atoms with E-state index in [4.69, 9.17) is 10.5 Å². The van der Waals surface area contributed by atoms with Gasteiger partial charge in [-0.1, -0.05) is 6.92 Å². The van der Waals surface area contributed by atoms with Gasteiger partial charge in [-0.2, -0.15) is 0 Å². The quantitative estimate of drug-likeness (QED) is 0.825. The summed E-state index contributed by atoms with van der Waals surface area (Å²) in [6.07, 6.45) is -0.194. The molecule has 1 atom stereocenters. The second-order valence-electron chi connectivity index (χ2n) is 5.07. The summed E-state index contributed by atoms with van der Waals surface area (Å²) in [5.41, 5.74) is 6.92. The highest BCUT2D eigenvalue weighted by Gasteiger charge is 2.31. The number of nitrogen functional groups attached to an aromatic ring is 1. The minimum Gasteiger partial charge on any atom is -0.479 e. The molecule has 1 amide bonds. The number of carbonyl (C=O) groups excluding carboxylic acids is 1. The van der Waals surface area contributed by atoms with E-state index in [1.807, 2.05) is 0 Å². The molecule has 1 unspecified atom stereocenters. The van der Waals surface area contributed by atoms with Crippen LogP contribution in [0.25, 0.3) is 0 Å². The lowest BCUT2D eigenvalue weighted by Gasteiger charge is -2.33. The van der Waals surface area contributed by atoms with Gasteiger partial charge in [0.25, 0.3) is 5.91 Å². The maximum Gasteiger partial charge on any atom is 0.267 e. The van der Waals surface area contributed by atoms with Crippen LogP contribution in [0.1, 0.15) is 20.3 Å². The fourth-order valence-corrected chi connectivity index (χ4v) is 3.10. The first-order valence-electron chi connectivity index (χ1n) is 6.92. The molecule has 1 aromatic rings. The molecule has 0 saturated carbocycles. The molecule has 6 nitrogen and oxygen atoms in total. The first-order chi connectivity index (χ1) is 9.84. The zero-order chi connectivity index (χ0) is 15.6. The summed E-state index contributed by atoms with van der Waals surface area (Å²) < 4.78 is 28.6. The van der Waals surface area contributed by atoms with Gasteiger partial charge in [0.15, 0.2) is 6.10 Å². The van der Waals surface area contributed by atoms with E-state index in [1.165, 1.54) is 0 Å². The van der Waals surface area contributed by atoms with E-state index >= 15 is 0 Å². The fourth-order valence-electron chi connectivity index (χ4n) is 2.24. The molecule has 21 heavy (non-hydrogen) atoms. The van der Waals surface area contributed by atoms with Gasteiger partial charge in [0, 0.05) is 24.1 Å². The number of anilines is 2. The van der Waals surface area contributed by atoms with Gasteiger partial charge in [0.2, 0.25) is 0 Å². The number of rotatable bonds is 5. The van der Waals surface area contributed by atoms with E-state index in [9.17, 15) is 13.2 Å². The van der Waals surface area contributed by atoms with Gasteiger partial charge < -0.3 is 15.4 Å². The van der Waals surface area contributed by atoms with Crippen LogP contribution in [0, 0.1) is 0 Å². The third kappa shape index (κ3) is 3.47. The van der Waals surface area contributed by atoms with Crippen molar-refractivity contribution in [2.45, 2.75) is 26.4 Å². The Hall–Kier alpha value is -1.76. The van der Waals surface area contributed by atoms with Crippen LogP contribution in [0.4, 0.5) is 11.4 Å². The monoisotopic (exact) mass is 312 g/mol. The molecule has 0 spiro atoms. The van der Waals surface area contributed by atoms with Gasteiger partial charge in [0.05, 0.1) is 11.4 Å². The minimum absolute atomic E-state index is 0.0762. The molecule has 0 aliphatic carbocycles. The van der Waals surface area contributed by atoms with Gasteiger partial charge >= 0.3 is 0 Å². The van der Waals surface area contributed by atoms with Crippen LogP contribution in [0.2, 0.25) is 0 Å². The first kappa shape index (κ1) is 15.6. The number of ether oxygens (including phenoxy) is 1. The number of hydrogen-bond acceptors (Lipinski definition) is 5. The number of carbonyl (C=O) groups is 1. The van der Waals surface area contributed by atoms with Gasteiger partial charge in [-0.05, 0) is 25.5 Å². The van der Waals surface area contributed by atoms with E-state index in [1.54, 1.807) is 36.9 Å². The molecule has 0 radical (unpaired) electrons. The third-order valence-electron chi connectivity index (χ3n) is 3.47. The molecule has 116 valence electrons. The number of fused-ring (bicyclic) bond motifs is 1. The maximum absolute atomic E-state index is 12.2. The average molecular weight is 312 g/mol. The highest BCUT2D eigenvalue weighted by atomic mass is 32.2. The number of sulfone groups is 1. The third-order valence-corrected chi connectivity index (χ3v) is 5.26. The highest BCUT2D eigenvalue weighted by Crippen LogP contribution is 2.35. The molecular weight excluding hydrogens is 292 g/mol. The Labute approximate surface area is 124 Å². The lowest BCUT2D eigenvalue weighted by Crippen LogP contribution is -2.45.